The second kappa shape index (κ2) is 3.36. The van der Waals surface area contributed by atoms with Gasteiger partial charge in [0.2, 0.25) is 0 Å². The molecule has 0 saturated carbocycles. The Labute approximate surface area is 73.2 Å². The first-order chi connectivity index (χ1) is 5.91. The molecule has 0 aliphatic carbocycles. The lowest BCUT2D eigenvalue weighted by Gasteiger charge is -2.08. The van der Waals surface area contributed by atoms with E-state index in [0.717, 1.165) is 12.1 Å². The molecule has 0 radical (unpaired) electrons. The first-order valence-corrected chi connectivity index (χ1v) is 3.72. The van der Waals surface area contributed by atoms with Crippen LogP contribution in [-0.4, -0.2) is 0 Å². The van der Waals surface area contributed by atoms with Crippen LogP contribution in [0.3, 0.4) is 0 Å². The molecule has 1 atom stereocenters. The molecular weight excluding hydrogens is 184 g/mol. The predicted octanol–water partition coefficient (Wildman–Crippen LogP) is 3.74. The van der Waals surface area contributed by atoms with E-state index in [-0.39, 0.29) is 5.56 Å². The third-order valence-electron chi connectivity index (χ3n) is 1.67. The van der Waals surface area contributed by atoms with Gasteiger partial charge in [-0.05, 0) is 24.6 Å². The van der Waals surface area contributed by atoms with Crippen molar-refractivity contribution in [2.75, 3.05) is 0 Å². The minimum absolute atomic E-state index is 0.0508. The monoisotopic (exact) mass is 192 g/mol. The summed E-state index contributed by atoms with van der Waals surface area (Å²) in [6.45, 7) is 1.20. The van der Waals surface area contributed by atoms with E-state index in [4.69, 9.17) is 0 Å². The lowest BCUT2D eigenvalue weighted by Crippen LogP contribution is -2.05. The van der Waals surface area contributed by atoms with Crippen LogP contribution in [0.5, 0.6) is 0 Å². The Balaban J connectivity index is 3.06. The molecule has 0 aliphatic heterocycles. The summed E-state index contributed by atoms with van der Waals surface area (Å²) < 4.78 is 49.0. The summed E-state index contributed by atoms with van der Waals surface area (Å²) >= 11 is 0. The van der Waals surface area contributed by atoms with Crippen molar-refractivity contribution in [2.45, 2.75) is 19.3 Å². The van der Waals surface area contributed by atoms with Crippen molar-refractivity contribution in [3.8, 4) is 0 Å². The molecular formula is C9H8F4. The number of hydrogen-bond donors (Lipinski definition) is 0. The lowest BCUT2D eigenvalue weighted by molar-refractivity contribution is -0.137. The van der Waals surface area contributed by atoms with Crippen LogP contribution in [0, 0.1) is 0 Å². The van der Waals surface area contributed by atoms with Crippen LogP contribution in [0.15, 0.2) is 24.3 Å². The van der Waals surface area contributed by atoms with Crippen LogP contribution < -0.4 is 0 Å². The number of alkyl halides is 4. The standard InChI is InChI=1S/C9H8F4/c1-6(10)7-3-2-4-8(5-7)9(11,12)13/h2-6H,1H3. The van der Waals surface area contributed by atoms with Gasteiger partial charge in [0.15, 0.2) is 0 Å². The molecule has 4 heteroatoms. The summed E-state index contributed by atoms with van der Waals surface area (Å²) in [6, 6.07) is 4.28. The summed E-state index contributed by atoms with van der Waals surface area (Å²) in [5, 5.41) is 0. The van der Waals surface area contributed by atoms with Crippen molar-refractivity contribution in [1.82, 2.24) is 0 Å². The Kier molecular flexibility index (Phi) is 2.59. The van der Waals surface area contributed by atoms with Gasteiger partial charge in [-0.3, -0.25) is 0 Å². The van der Waals surface area contributed by atoms with Gasteiger partial charge in [0.05, 0.1) is 5.56 Å². The number of rotatable bonds is 1. The van der Waals surface area contributed by atoms with Gasteiger partial charge in [0.1, 0.15) is 6.17 Å². The first-order valence-electron chi connectivity index (χ1n) is 3.72. The molecule has 0 heterocycles. The van der Waals surface area contributed by atoms with Crippen LogP contribution in [0.2, 0.25) is 0 Å². The average molecular weight is 192 g/mol. The highest BCUT2D eigenvalue weighted by atomic mass is 19.4. The topological polar surface area (TPSA) is 0 Å². The smallest absolute Gasteiger partial charge is 0.243 e. The zero-order valence-corrected chi connectivity index (χ0v) is 6.90. The van der Waals surface area contributed by atoms with Gasteiger partial charge in [-0.25, -0.2) is 4.39 Å². The van der Waals surface area contributed by atoms with E-state index in [1.165, 1.54) is 19.1 Å². The van der Waals surface area contributed by atoms with Crippen LogP contribution in [0.4, 0.5) is 17.6 Å². The Morgan fingerprint density at radius 1 is 1.23 bits per heavy atom. The molecule has 0 N–H and O–H groups in total. The second-order valence-electron chi connectivity index (χ2n) is 2.74. The molecule has 0 nitrogen and oxygen atoms in total. The Bertz CT molecular complexity index is 288. The Hall–Kier alpha value is -1.06. The molecule has 13 heavy (non-hydrogen) atoms. The zero-order chi connectivity index (χ0) is 10.1. The van der Waals surface area contributed by atoms with E-state index < -0.39 is 17.9 Å². The number of benzene rings is 1. The van der Waals surface area contributed by atoms with Gasteiger partial charge in [0.25, 0.3) is 0 Å². The van der Waals surface area contributed by atoms with E-state index in [1.807, 2.05) is 0 Å². The number of halogens is 4. The molecule has 1 aromatic carbocycles. The van der Waals surface area contributed by atoms with E-state index in [9.17, 15) is 17.6 Å². The van der Waals surface area contributed by atoms with Crippen molar-refractivity contribution in [1.29, 1.82) is 0 Å². The van der Waals surface area contributed by atoms with E-state index >= 15 is 0 Å². The van der Waals surface area contributed by atoms with Crippen molar-refractivity contribution in [3.63, 3.8) is 0 Å². The van der Waals surface area contributed by atoms with Crippen molar-refractivity contribution in [3.05, 3.63) is 35.4 Å². The summed E-state index contributed by atoms with van der Waals surface area (Å²) in [4.78, 5) is 0. The summed E-state index contributed by atoms with van der Waals surface area (Å²) in [6.07, 6.45) is -5.77. The van der Waals surface area contributed by atoms with E-state index in [2.05, 4.69) is 0 Å². The number of hydrogen-bond acceptors (Lipinski definition) is 0. The van der Waals surface area contributed by atoms with Crippen molar-refractivity contribution < 1.29 is 17.6 Å². The highest BCUT2D eigenvalue weighted by Crippen LogP contribution is 2.31. The molecule has 0 amide bonds. The molecule has 1 unspecified atom stereocenters. The quantitative estimate of drug-likeness (QED) is 0.594. The van der Waals surface area contributed by atoms with Crippen LogP contribution in [0.1, 0.15) is 24.2 Å². The average Bonchev–Trinajstić information content (AvgIpc) is 2.03. The van der Waals surface area contributed by atoms with Gasteiger partial charge in [-0.15, -0.1) is 0 Å². The van der Waals surface area contributed by atoms with Crippen LogP contribution in [-0.2, 0) is 6.18 Å². The molecule has 0 aliphatic rings. The zero-order valence-electron chi connectivity index (χ0n) is 6.90. The normalized spacial score (nSPS) is 14.2. The molecule has 1 aromatic rings. The van der Waals surface area contributed by atoms with Gasteiger partial charge in [0, 0.05) is 0 Å². The molecule has 1 rings (SSSR count). The maximum Gasteiger partial charge on any atom is 0.416 e. The Morgan fingerprint density at radius 2 is 1.85 bits per heavy atom. The van der Waals surface area contributed by atoms with Crippen LogP contribution >= 0.6 is 0 Å². The minimum atomic E-state index is -4.40. The molecule has 0 aromatic heterocycles. The predicted molar refractivity (Wildman–Crippen MR) is 41.0 cm³/mol. The third-order valence-corrected chi connectivity index (χ3v) is 1.67. The van der Waals surface area contributed by atoms with E-state index in [1.54, 1.807) is 0 Å². The molecule has 0 fully saturated rings. The maximum atomic E-state index is 12.6. The third kappa shape index (κ3) is 2.44. The molecule has 0 bridgehead atoms. The summed E-state index contributed by atoms with van der Waals surface area (Å²) in [5.74, 6) is 0. The largest absolute Gasteiger partial charge is 0.416 e. The van der Waals surface area contributed by atoms with Crippen molar-refractivity contribution in [2.24, 2.45) is 0 Å². The van der Waals surface area contributed by atoms with Gasteiger partial charge in [-0.1, -0.05) is 12.1 Å². The highest BCUT2D eigenvalue weighted by molar-refractivity contribution is 5.26. The summed E-state index contributed by atoms with van der Waals surface area (Å²) in [5.41, 5.74) is -0.760. The van der Waals surface area contributed by atoms with Crippen LogP contribution in [0.25, 0.3) is 0 Å². The Morgan fingerprint density at radius 3 is 2.31 bits per heavy atom. The SMILES string of the molecule is CC(F)c1cccc(C(F)(F)F)c1. The summed E-state index contributed by atoms with van der Waals surface area (Å²) in [7, 11) is 0. The first kappa shape index (κ1) is 10.0. The highest BCUT2D eigenvalue weighted by Gasteiger charge is 2.30. The van der Waals surface area contributed by atoms with Gasteiger partial charge >= 0.3 is 6.18 Å². The fraction of sp³-hybridized carbons (Fsp3) is 0.333. The fourth-order valence-corrected chi connectivity index (χ4v) is 0.962. The minimum Gasteiger partial charge on any atom is -0.243 e. The van der Waals surface area contributed by atoms with Gasteiger partial charge in [-0.2, -0.15) is 13.2 Å². The molecule has 72 valence electrons. The maximum absolute atomic E-state index is 12.6. The lowest BCUT2D eigenvalue weighted by atomic mass is 10.1. The van der Waals surface area contributed by atoms with Gasteiger partial charge < -0.3 is 0 Å². The molecule has 0 saturated heterocycles. The molecule has 0 spiro atoms. The van der Waals surface area contributed by atoms with E-state index in [0.29, 0.717) is 0 Å². The van der Waals surface area contributed by atoms with Crippen molar-refractivity contribution >= 4 is 0 Å². The fourth-order valence-electron chi connectivity index (χ4n) is 0.962. The second-order valence-corrected chi connectivity index (χ2v) is 2.74.